The van der Waals surface area contributed by atoms with Crippen molar-refractivity contribution in [2.45, 2.75) is 0 Å². The molecule has 0 saturated carbocycles. The van der Waals surface area contributed by atoms with Crippen LogP contribution in [0.15, 0.2) is 82.2 Å². The molecule has 0 radical (unpaired) electrons. The minimum absolute atomic E-state index is 0.0675. The molecule has 0 amide bonds. The summed E-state index contributed by atoms with van der Waals surface area (Å²) in [4.78, 5) is 19.1. The molecule has 29 heavy (non-hydrogen) atoms. The number of oxazole rings is 1. The Bertz CT molecular complexity index is 1230. The van der Waals surface area contributed by atoms with Crippen molar-refractivity contribution in [2.24, 2.45) is 4.99 Å². The predicted octanol–water partition coefficient (Wildman–Crippen LogP) is 6.47. The number of benzene rings is 3. The monoisotopic (exact) mass is 403 g/mol. The molecule has 0 bridgehead atoms. The highest BCUT2D eigenvalue weighted by Crippen LogP contribution is 2.27. The zero-order valence-corrected chi connectivity index (χ0v) is 15.8. The number of aromatic nitrogens is 1. The van der Waals surface area contributed by atoms with Crippen LogP contribution in [0.1, 0.15) is 5.56 Å². The van der Waals surface area contributed by atoms with E-state index >= 15 is 0 Å². The molecular weight excluding hydrogens is 390 g/mol. The number of hydrogen-bond acceptors (Lipinski definition) is 5. The number of aliphatic imine (C=N–C) groups is 1. The first-order chi connectivity index (χ1) is 14.1. The van der Waals surface area contributed by atoms with Gasteiger partial charge in [-0.3, -0.25) is 15.1 Å². The number of fused-ring (bicyclic) bond motifs is 1. The van der Waals surface area contributed by atoms with Gasteiger partial charge in [0.1, 0.15) is 5.52 Å². The quantitative estimate of drug-likeness (QED) is 0.217. The van der Waals surface area contributed by atoms with Crippen molar-refractivity contribution in [1.29, 1.82) is 0 Å². The highest BCUT2D eigenvalue weighted by atomic mass is 35.5. The Morgan fingerprint density at radius 1 is 1.03 bits per heavy atom. The van der Waals surface area contributed by atoms with Gasteiger partial charge in [0.25, 0.3) is 5.69 Å². The van der Waals surface area contributed by atoms with Gasteiger partial charge in [0, 0.05) is 28.9 Å². The van der Waals surface area contributed by atoms with Gasteiger partial charge in [-0.25, -0.2) is 4.98 Å². The maximum absolute atomic E-state index is 10.7. The number of nitro benzene ring substituents is 1. The minimum atomic E-state index is -0.422. The SMILES string of the molecule is O=[N+]([O-])c1ccc(/C=C/C=Nc2ccc(-c3nc4cc(Cl)ccc4o3)cc2)cc1. The number of nitro groups is 1. The van der Waals surface area contributed by atoms with Crippen LogP contribution in [0.5, 0.6) is 0 Å². The minimum Gasteiger partial charge on any atom is -0.436 e. The summed E-state index contributed by atoms with van der Waals surface area (Å²) in [5.41, 5.74) is 3.94. The first kappa shape index (κ1) is 18.6. The summed E-state index contributed by atoms with van der Waals surface area (Å²) < 4.78 is 5.76. The van der Waals surface area contributed by atoms with Crippen LogP contribution in [-0.4, -0.2) is 16.1 Å². The van der Waals surface area contributed by atoms with Crippen LogP contribution in [0.25, 0.3) is 28.6 Å². The molecule has 0 N–H and O–H groups in total. The fourth-order valence-electron chi connectivity index (χ4n) is 2.70. The molecular formula is C22H14ClN3O3. The van der Waals surface area contributed by atoms with E-state index < -0.39 is 4.92 Å². The standard InChI is InChI=1S/C22H14ClN3O3/c23-17-7-12-21-20(14-17)25-22(29-21)16-5-8-18(9-6-16)24-13-1-2-15-3-10-19(11-4-15)26(27)28/h1-14H/b2-1+,24-13?. The molecule has 0 aliphatic heterocycles. The van der Waals surface area contributed by atoms with Crippen LogP contribution < -0.4 is 0 Å². The van der Waals surface area contributed by atoms with Gasteiger partial charge in [0.15, 0.2) is 5.58 Å². The van der Waals surface area contributed by atoms with Crippen molar-refractivity contribution in [3.05, 3.63) is 93.5 Å². The van der Waals surface area contributed by atoms with Crippen LogP contribution in [0.2, 0.25) is 5.02 Å². The molecule has 7 heteroatoms. The Labute approximate surface area is 170 Å². The molecule has 142 valence electrons. The number of rotatable bonds is 5. The van der Waals surface area contributed by atoms with E-state index in [-0.39, 0.29) is 5.69 Å². The molecule has 1 aromatic heterocycles. The van der Waals surface area contributed by atoms with Crippen LogP contribution >= 0.6 is 11.6 Å². The molecule has 0 fully saturated rings. The fourth-order valence-corrected chi connectivity index (χ4v) is 2.87. The molecule has 0 spiro atoms. The van der Waals surface area contributed by atoms with Gasteiger partial charge in [-0.15, -0.1) is 0 Å². The highest BCUT2D eigenvalue weighted by Gasteiger charge is 2.08. The molecule has 0 atom stereocenters. The van der Waals surface area contributed by atoms with Gasteiger partial charge in [-0.1, -0.05) is 17.7 Å². The predicted molar refractivity (Wildman–Crippen MR) is 115 cm³/mol. The second-order valence-electron chi connectivity index (χ2n) is 6.16. The van der Waals surface area contributed by atoms with Gasteiger partial charge in [-0.05, 0) is 66.2 Å². The lowest BCUT2D eigenvalue weighted by Crippen LogP contribution is -1.86. The number of allylic oxidation sites excluding steroid dienone is 1. The molecule has 4 rings (SSSR count). The Kier molecular flexibility index (Phi) is 5.18. The lowest BCUT2D eigenvalue weighted by Gasteiger charge is -1.96. The van der Waals surface area contributed by atoms with Crippen molar-refractivity contribution in [3.8, 4) is 11.5 Å². The Morgan fingerprint density at radius 2 is 1.79 bits per heavy atom. The third kappa shape index (κ3) is 4.39. The average Bonchev–Trinajstić information content (AvgIpc) is 3.15. The van der Waals surface area contributed by atoms with Gasteiger partial charge < -0.3 is 4.42 Å². The maximum atomic E-state index is 10.7. The van der Waals surface area contributed by atoms with Crippen molar-refractivity contribution in [1.82, 2.24) is 4.98 Å². The molecule has 4 aromatic rings. The van der Waals surface area contributed by atoms with E-state index in [1.807, 2.05) is 30.3 Å². The van der Waals surface area contributed by atoms with Crippen LogP contribution in [0.4, 0.5) is 11.4 Å². The average molecular weight is 404 g/mol. The topological polar surface area (TPSA) is 81.5 Å². The van der Waals surface area contributed by atoms with Crippen LogP contribution in [0, 0.1) is 10.1 Å². The number of hydrogen-bond donors (Lipinski definition) is 0. The van der Waals surface area contributed by atoms with E-state index in [0.29, 0.717) is 22.0 Å². The smallest absolute Gasteiger partial charge is 0.269 e. The molecule has 0 aliphatic rings. The molecule has 1 heterocycles. The van der Waals surface area contributed by atoms with Crippen molar-refractivity contribution in [2.75, 3.05) is 0 Å². The van der Waals surface area contributed by atoms with Gasteiger partial charge in [-0.2, -0.15) is 0 Å². The summed E-state index contributed by atoms with van der Waals surface area (Å²) in [6.07, 6.45) is 5.27. The highest BCUT2D eigenvalue weighted by molar-refractivity contribution is 6.31. The zero-order valence-electron chi connectivity index (χ0n) is 15.0. The molecule has 3 aromatic carbocycles. The van der Waals surface area contributed by atoms with E-state index in [1.54, 1.807) is 42.6 Å². The van der Waals surface area contributed by atoms with Gasteiger partial charge in [0.2, 0.25) is 5.89 Å². The lowest BCUT2D eigenvalue weighted by molar-refractivity contribution is -0.384. The van der Waals surface area contributed by atoms with E-state index in [0.717, 1.165) is 16.8 Å². The Hall–Kier alpha value is -3.77. The van der Waals surface area contributed by atoms with Crippen LogP contribution in [0.3, 0.4) is 0 Å². The first-order valence-corrected chi connectivity index (χ1v) is 9.08. The van der Waals surface area contributed by atoms with Crippen LogP contribution in [-0.2, 0) is 0 Å². The third-order valence-corrected chi connectivity index (χ3v) is 4.40. The Morgan fingerprint density at radius 3 is 2.52 bits per heavy atom. The molecule has 0 unspecified atom stereocenters. The molecule has 6 nitrogen and oxygen atoms in total. The second-order valence-corrected chi connectivity index (χ2v) is 6.60. The van der Waals surface area contributed by atoms with E-state index in [4.69, 9.17) is 16.0 Å². The zero-order chi connectivity index (χ0) is 20.2. The van der Waals surface area contributed by atoms with Crippen molar-refractivity contribution in [3.63, 3.8) is 0 Å². The first-order valence-electron chi connectivity index (χ1n) is 8.70. The van der Waals surface area contributed by atoms with Crippen molar-refractivity contribution >= 4 is 46.4 Å². The van der Waals surface area contributed by atoms with E-state index in [1.165, 1.54) is 12.1 Å². The third-order valence-electron chi connectivity index (χ3n) is 4.17. The summed E-state index contributed by atoms with van der Waals surface area (Å²) >= 11 is 5.98. The Balaban J connectivity index is 1.43. The largest absolute Gasteiger partial charge is 0.436 e. The van der Waals surface area contributed by atoms with Crippen molar-refractivity contribution < 1.29 is 9.34 Å². The summed E-state index contributed by atoms with van der Waals surface area (Å²) in [5.74, 6) is 0.524. The fraction of sp³-hybridized carbons (Fsp3) is 0. The normalized spacial score (nSPS) is 11.6. The summed E-state index contributed by atoms with van der Waals surface area (Å²) in [6.45, 7) is 0. The summed E-state index contributed by atoms with van der Waals surface area (Å²) in [7, 11) is 0. The number of halogens is 1. The van der Waals surface area contributed by atoms with Gasteiger partial charge >= 0.3 is 0 Å². The van der Waals surface area contributed by atoms with Gasteiger partial charge in [0.05, 0.1) is 10.6 Å². The number of non-ortho nitro benzene ring substituents is 1. The lowest BCUT2D eigenvalue weighted by atomic mass is 10.2. The molecule has 0 aliphatic carbocycles. The maximum Gasteiger partial charge on any atom is 0.269 e. The van der Waals surface area contributed by atoms with E-state index in [9.17, 15) is 10.1 Å². The summed E-state index contributed by atoms with van der Waals surface area (Å²) in [6, 6.07) is 19.1. The molecule has 0 saturated heterocycles. The van der Waals surface area contributed by atoms with E-state index in [2.05, 4.69) is 9.98 Å². The second kappa shape index (κ2) is 8.08. The summed E-state index contributed by atoms with van der Waals surface area (Å²) in [5, 5.41) is 11.3. The number of nitrogens with zero attached hydrogens (tertiary/aromatic N) is 3.